The zero-order valence-electron chi connectivity index (χ0n) is 11.6. The van der Waals surface area contributed by atoms with Gasteiger partial charge in [0.1, 0.15) is 5.82 Å². The van der Waals surface area contributed by atoms with Crippen LogP contribution in [0.1, 0.15) is 39.6 Å². The van der Waals surface area contributed by atoms with Gasteiger partial charge in [-0.2, -0.15) is 0 Å². The molecule has 98 valence electrons. The van der Waals surface area contributed by atoms with Crippen LogP contribution in [0, 0.1) is 0 Å². The Balaban J connectivity index is 2.77. The molecule has 18 heavy (non-hydrogen) atoms. The number of nitrogens with one attached hydrogen (secondary N) is 1. The molecular weight excluding hydrogens is 290 g/mol. The summed E-state index contributed by atoms with van der Waals surface area (Å²) in [5.41, 5.74) is 2.08. The predicted octanol–water partition coefficient (Wildman–Crippen LogP) is 3.83. The van der Waals surface area contributed by atoms with Gasteiger partial charge in [0.25, 0.3) is 0 Å². The fourth-order valence-electron chi connectivity index (χ4n) is 2.15. The molecule has 1 aromatic heterocycles. The van der Waals surface area contributed by atoms with Gasteiger partial charge in [0.2, 0.25) is 0 Å². The Hall–Kier alpha value is -0.870. The van der Waals surface area contributed by atoms with Gasteiger partial charge in [-0.3, -0.25) is 0 Å². The molecule has 3 nitrogen and oxygen atoms in total. The highest BCUT2D eigenvalue weighted by molar-refractivity contribution is 9.10. The van der Waals surface area contributed by atoms with E-state index in [4.69, 9.17) is 4.98 Å². The van der Waals surface area contributed by atoms with Crippen LogP contribution in [0.3, 0.4) is 0 Å². The third-order valence-electron chi connectivity index (χ3n) is 3.35. The Kier molecular flexibility index (Phi) is 3.52. The molecule has 1 heterocycles. The molecule has 1 aromatic carbocycles. The minimum atomic E-state index is -0.143. The van der Waals surface area contributed by atoms with Crippen molar-refractivity contribution in [3.8, 4) is 0 Å². The van der Waals surface area contributed by atoms with Gasteiger partial charge in [-0.1, -0.05) is 15.9 Å². The van der Waals surface area contributed by atoms with Crippen LogP contribution in [0.2, 0.25) is 0 Å². The van der Waals surface area contributed by atoms with Crippen molar-refractivity contribution in [1.82, 2.24) is 14.9 Å². The van der Waals surface area contributed by atoms with Gasteiger partial charge in [-0.05, 0) is 52.9 Å². The van der Waals surface area contributed by atoms with E-state index in [2.05, 4.69) is 71.7 Å². The Morgan fingerprint density at radius 2 is 2.00 bits per heavy atom. The average molecular weight is 310 g/mol. The number of rotatable bonds is 3. The van der Waals surface area contributed by atoms with Crippen LogP contribution in [-0.2, 0) is 5.54 Å². The first kappa shape index (κ1) is 13.6. The van der Waals surface area contributed by atoms with Crippen molar-refractivity contribution in [2.75, 3.05) is 7.05 Å². The van der Waals surface area contributed by atoms with Crippen LogP contribution in [-0.4, -0.2) is 16.6 Å². The summed E-state index contributed by atoms with van der Waals surface area (Å²) in [4.78, 5) is 4.81. The molecule has 0 atom stereocenters. The topological polar surface area (TPSA) is 29.9 Å². The third-order valence-corrected chi connectivity index (χ3v) is 3.85. The second-order valence-electron chi connectivity index (χ2n) is 5.41. The van der Waals surface area contributed by atoms with E-state index in [-0.39, 0.29) is 5.54 Å². The molecule has 0 saturated heterocycles. The maximum Gasteiger partial charge on any atom is 0.129 e. The Morgan fingerprint density at radius 1 is 1.33 bits per heavy atom. The molecule has 0 radical (unpaired) electrons. The fraction of sp³-hybridized carbons (Fsp3) is 0.500. The van der Waals surface area contributed by atoms with Gasteiger partial charge in [0, 0.05) is 10.5 Å². The Bertz CT molecular complexity index is 570. The number of imidazole rings is 1. The van der Waals surface area contributed by atoms with Gasteiger partial charge in [-0.15, -0.1) is 0 Å². The van der Waals surface area contributed by atoms with Crippen LogP contribution >= 0.6 is 15.9 Å². The largest absolute Gasteiger partial charge is 0.324 e. The molecule has 1 N–H and O–H groups in total. The van der Waals surface area contributed by atoms with Crippen LogP contribution in [0.25, 0.3) is 11.0 Å². The molecule has 0 unspecified atom stereocenters. The molecule has 4 heteroatoms. The number of fused-ring (bicyclic) bond motifs is 1. The van der Waals surface area contributed by atoms with E-state index in [0.29, 0.717) is 6.04 Å². The predicted molar refractivity (Wildman–Crippen MR) is 79.9 cm³/mol. The van der Waals surface area contributed by atoms with Crippen LogP contribution in [0.5, 0.6) is 0 Å². The Labute approximate surface area is 117 Å². The van der Waals surface area contributed by atoms with E-state index in [1.54, 1.807) is 0 Å². The smallest absolute Gasteiger partial charge is 0.129 e. The lowest BCUT2D eigenvalue weighted by Crippen LogP contribution is -2.36. The summed E-state index contributed by atoms with van der Waals surface area (Å²) in [6.07, 6.45) is 0. The quantitative estimate of drug-likeness (QED) is 0.933. The molecule has 2 aromatic rings. The van der Waals surface area contributed by atoms with Gasteiger partial charge < -0.3 is 9.88 Å². The SMILES string of the molecule is CNC(C)(C)c1nc2cc(Br)ccc2n1C(C)C. The second-order valence-corrected chi connectivity index (χ2v) is 6.32. The molecule has 0 amide bonds. The summed E-state index contributed by atoms with van der Waals surface area (Å²) in [5, 5.41) is 3.33. The second kappa shape index (κ2) is 4.67. The highest BCUT2D eigenvalue weighted by Crippen LogP contribution is 2.29. The summed E-state index contributed by atoms with van der Waals surface area (Å²) in [5.74, 6) is 1.08. The maximum atomic E-state index is 4.81. The lowest BCUT2D eigenvalue weighted by Gasteiger charge is -2.26. The molecule has 0 saturated carbocycles. The molecule has 2 rings (SSSR count). The maximum absolute atomic E-state index is 4.81. The standard InChI is InChI=1S/C14H20BrN3/c1-9(2)18-12-7-6-10(15)8-11(12)17-13(18)14(3,4)16-5/h6-9,16H,1-5H3. The number of halogens is 1. The van der Waals surface area contributed by atoms with E-state index in [1.807, 2.05) is 7.05 Å². The molecular formula is C14H20BrN3. The van der Waals surface area contributed by atoms with Crippen molar-refractivity contribution >= 4 is 27.0 Å². The van der Waals surface area contributed by atoms with Crippen molar-refractivity contribution in [2.45, 2.75) is 39.3 Å². The highest BCUT2D eigenvalue weighted by atomic mass is 79.9. The zero-order valence-corrected chi connectivity index (χ0v) is 13.2. The zero-order chi connectivity index (χ0) is 13.5. The first-order chi connectivity index (χ1) is 8.36. The van der Waals surface area contributed by atoms with E-state index in [1.165, 1.54) is 5.52 Å². The molecule has 0 bridgehead atoms. The van der Waals surface area contributed by atoms with Crippen LogP contribution in [0.4, 0.5) is 0 Å². The number of hydrogen-bond acceptors (Lipinski definition) is 2. The summed E-state index contributed by atoms with van der Waals surface area (Å²) in [7, 11) is 1.97. The highest BCUT2D eigenvalue weighted by Gasteiger charge is 2.26. The van der Waals surface area contributed by atoms with Crippen molar-refractivity contribution < 1.29 is 0 Å². The van der Waals surface area contributed by atoms with Gasteiger partial charge in [0.05, 0.1) is 16.6 Å². The van der Waals surface area contributed by atoms with E-state index < -0.39 is 0 Å². The summed E-state index contributed by atoms with van der Waals surface area (Å²) < 4.78 is 3.37. The van der Waals surface area contributed by atoms with Gasteiger partial charge in [-0.25, -0.2) is 4.98 Å². The normalized spacial score (nSPS) is 12.6. The van der Waals surface area contributed by atoms with Crippen molar-refractivity contribution in [3.63, 3.8) is 0 Å². The lowest BCUT2D eigenvalue weighted by molar-refractivity contribution is 0.387. The summed E-state index contributed by atoms with van der Waals surface area (Å²) in [6, 6.07) is 6.66. The number of nitrogens with zero attached hydrogens (tertiary/aromatic N) is 2. The fourth-order valence-corrected chi connectivity index (χ4v) is 2.50. The monoisotopic (exact) mass is 309 g/mol. The van der Waals surface area contributed by atoms with Crippen LogP contribution in [0.15, 0.2) is 22.7 Å². The molecule has 0 aliphatic carbocycles. The summed E-state index contributed by atoms with van der Waals surface area (Å²) in [6.45, 7) is 8.70. The minimum Gasteiger partial charge on any atom is -0.324 e. The van der Waals surface area contributed by atoms with E-state index in [9.17, 15) is 0 Å². The number of hydrogen-bond donors (Lipinski definition) is 1. The third kappa shape index (κ3) is 2.19. The number of benzene rings is 1. The lowest BCUT2D eigenvalue weighted by atomic mass is 10.0. The average Bonchev–Trinajstić information content (AvgIpc) is 2.68. The molecule has 0 aliphatic rings. The number of aromatic nitrogens is 2. The van der Waals surface area contributed by atoms with Gasteiger partial charge >= 0.3 is 0 Å². The Morgan fingerprint density at radius 3 is 2.56 bits per heavy atom. The molecule has 0 spiro atoms. The van der Waals surface area contributed by atoms with Crippen molar-refractivity contribution in [3.05, 3.63) is 28.5 Å². The van der Waals surface area contributed by atoms with E-state index >= 15 is 0 Å². The first-order valence-electron chi connectivity index (χ1n) is 6.23. The molecule has 0 aliphatic heterocycles. The van der Waals surface area contributed by atoms with Crippen molar-refractivity contribution in [1.29, 1.82) is 0 Å². The minimum absolute atomic E-state index is 0.143. The van der Waals surface area contributed by atoms with Crippen LogP contribution < -0.4 is 5.32 Å². The van der Waals surface area contributed by atoms with Gasteiger partial charge in [0.15, 0.2) is 0 Å². The first-order valence-corrected chi connectivity index (χ1v) is 7.03. The van der Waals surface area contributed by atoms with Crippen molar-refractivity contribution in [2.24, 2.45) is 0 Å². The molecule has 0 fully saturated rings. The van der Waals surface area contributed by atoms with E-state index in [0.717, 1.165) is 15.8 Å². The summed E-state index contributed by atoms with van der Waals surface area (Å²) >= 11 is 3.51.